The first-order valence-corrected chi connectivity index (χ1v) is 21.8. The highest BCUT2D eigenvalue weighted by Crippen LogP contribution is 2.50. The molecule has 4 heterocycles. The fourth-order valence-electron chi connectivity index (χ4n) is 11.9. The number of ether oxygens (including phenoxy) is 4. The molecule has 0 aliphatic carbocycles. The van der Waals surface area contributed by atoms with E-state index in [4.69, 9.17) is 38.3 Å². The summed E-state index contributed by atoms with van der Waals surface area (Å²) in [5.41, 5.74) is -0.734. The summed E-state index contributed by atoms with van der Waals surface area (Å²) in [6.07, 6.45) is 2.41. The fraction of sp³-hybridized carbons (Fsp3) is 0.750. The summed E-state index contributed by atoms with van der Waals surface area (Å²) in [6.45, 7) is 35.0. The maximum Gasteiger partial charge on any atom is 0.162 e. The van der Waals surface area contributed by atoms with Crippen molar-refractivity contribution < 1.29 is 38.3 Å². The molecule has 4 saturated heterocycles. The summed E-state index contributed by atoms with van der Waals surface area (Å²) in [4.78, 5) is 23.8. The van der Waals surface area contributed by atoms with Crippen LogP contribution < -0.4 is 18.9 Å². The summed E-state index contributed by atoms with van der Waals surface area (Å²) < 4.78 is 28.3. The first kappa shape index (κ1) is 46.8. The molecule has 0 bridgehead atoms. The Bertz CT molecular complexity index is 1870. The molecule has 0 N–H and O–H groups in total. The Labute approximate surface area is 361 Å². The van der Waals surface area contributed by atoms with Gasteiger partial charge in [0.2, 0.25) is 0 Å². The molecule has 4 aliphatic rings. The standard InChI is InChI=1S/C48H78N4O8/c1-41(2)27-37(45(9,10)49(41)53-17)57-32-22-23-33(35(26-32)59-39-29-43(5,6)51(55-19)47(39,13)14)31-21-24-34(58-38-28-42(3,4)50(54-18)46(38,11)12)36(25-31)60-40-30-44(7,8)52(56-20)48(40,15)16/h21-26,37-40H,27-30H2,1-20H3. The quantitative estimate of drug-likeness (QED) is 0.193. The summed E-state index contributed by atoms with van der Waals surface area (Å²) in [5.74, 6) is 2.80. The Hall–Kier alpha value is -2.68. The monoisotopic (exact) mass is 839 g/mol. The number of hydrogen-bond donors (Lipinski definition) is 0. The van der Waals surface area contributed by atoms with E-state index in [1.807, 2.05) is 0 Å². The first-order valence-electron chi connectivity index (χ1n) is 21.8. The molecule has 4 atom stereocenters. The van der Waals surface area contributed by atoms with E-state index in [1.54, 1.807) is 28.4 Å². The summed E-state index contributed by atoms with van der Waals surface area (Å²) in [7, 11) is 6.95. The average molecular weight is 839 g/mol. The van der Waals surface area contributed by atoms with Crippen LogP contribution in [0.1, 0.15) is 136 Å². The normalized spacial score (nSPS) is 30.1. The zero-order chi connectivity index (χ0) is 44.8. The summed E-state index contributed by atoms with van der Waals surface area (Å²) in [6, 6.07) is 12.5. The van der Waals surface area contributed by atoms with Gasteiger partial charge in [0, 0.05) is 59.5 Å². The molecule has 0 amide bonds. The second kappa shape index (κ2) is 15.5. The number of rotatable bonds is 13. The molecule has 0 spiro atoms. The topological polar surface area (TPSA) is 86.8 Å². The van der Waals surface area contributed by atoms with Gasteiger partial charge in [-0.05, 0) is 141 Å². The number of benzene rings is 2. The van der Waals surface area contributed by atoms with E-state index in [1.165, 1.54) is 0 Å². The molecule has 2 aromatic rings. The lowest BCUT2D eigenvalue weighted by atomic mass is 9.95. The van der Waals surface area contributed by atoms with E-state index >= 15 is 0 Å². The van der Waals surface area contributed by atoms with E-state index in [-0.39, 0.29) is 52.1 Å². The Morgan fingerprint density at radius 2 is 0.717 bits per heavy atom. The highest BCUT2D eigenvalue weighted by Gasteiger charge is 2.57. The Morgan fingerprint density at radius 1 is 0.383 bits per heavy atom. The smallest absolute Gasteiger partial charge is 0.162 e. The van der Waals surface area contributed by atoms with Gasteiger partial charge in [0.05, 0.1) is 50.6 Å². The average Bonchev–Trinajstić information content (AvgIpc) is 3.57. The summed E-state index contributed by atoms with van der Waals surface area (Å²) in [5, 5.41) is 8.24. The molecule has 0 aromatic heterocycles. The second-order valence-corrected chi connectivity index (χ2v) is 22.3. The maximum atomic E-state index is 7.21. The van der Waals surface area contributed by atoms with Gasteiger partial charge in [-0.25, -0.2) is 0 Å². The van der Waals surface area contributed by atoms with E-state index < -0.39 is 16.6 Å². The van der Waals surface area contributed by atoms with Crippen molar-refractivity contribution in [3.63, 3.8) is 0 Å². The third kappa shape index (κ3) is 7.95. The number of nitrogens with zero attached hydrogens (tertiary/aromatic N) is 4. The largest absolute Gasteiger partial charge is 0.488 e. The lowest BCUT2D eigenvalue weighted by molar-refractivity contribution is -0.226. The molecule has 12 nitrogen and oxygen atoms in total. The molecular formula is C48H78N4O8. The van der Waals surface area contributed by atoms with Crippen LogP contribution in [0.15, 0.2) is 36.4 Å². The number of hydroxylamine groups is 8. The second-order valence-electron chi connectivity index (χ2n) is 22.3. The van der Waals surface area contributed by atoms with Crippen molar-refractivity contribution in [2.45, 2.75) is 205 Å². The third-order valence-corrected chi connectivity index (χ3v) is 14.2. The van der Waals surface area contributed by atoms with Crippen LogP contribution >= 0.6 is 0 Å². The van der Waals surface area contributed by atoms with E-state index in [9.17, 15) is 0 Å². The van der Waals surface area contributed by atoms with Gasteiger partial charge in [0.25, 0.3) is 0 Å². The highest BCUT2D eigenvalue weighted by molar-refractivity contribution is 5.74. The van der Waals surface area contributed by atoms with Crippen molar-refractivity contribution in [3.05, 3.63) is 36.4 Å². The molecule has 4 unspecified atom stereocenters. The van der Waals surface area contributed by atoms with Gasteiger partial charge in [-0.2, -0.15) is 20.3 Å². The van der Waals surface area contributed by atoms with E-state index in [0.717, 1.165) is 48.3 Å². The predicted molar refractivity (Wildman–Crippen MR) is 236 cm³/mol. The summed E-state index contributed by atoms with van der Waals surface area (Å²) >= 11 is 0. The van der Waals surface area contributed by atoms with Crippen molar-refractivity contribution in [2.24, 2.45) is 0 Å². The fourth-order valence-corrected chi connectivity index (χ4v) is 11.9. The van der Waals surface area contributed by atoms with Crippen molar-refractivity contribution >= 4 is 0 Å². The molecule has 4 fully saturated rings. The molecule has 0 radical (unpaired) electrons. The minimum absolute atomic E-state index is 0.127. The van der Waals surface area contributed by atoms with Crippen LogP contribution in [0.3, 0.4) is 0 Å². The maximum absolute atomic E-state index is 7.21. The van der Waals surface area contributed by atoms with Crippen molar-refractivity contribution in [1.82, 2.24) is 20.3 Å². The van der Waals surface area contributed by atoms with Crippen LogP contribution in [-0.4, -0.2) is 117 Å². The first-order chi connectivity index (χ1) is 27.5. The highest BCUT2D eigenvalue weighted by atomic mass is 16.7. The van der Waals surface area contributed by atoms with Crippen LogP contribution in [0.4, 0.5) is 0 Å². The van der Waals surface area contributed by atoms with Crippen LogP contribution in [-0.2, 0) is 19.4 Å². The van der Waals surface area contributed by atoms with Gasteiger partial charge < -0.3 is 38.3 Å². The van der Waals surface area contributed by atoms with Gasteiger partial charge in [0.1, 0.15) is 35.9 Å². The minimum atomic E-state index is -0.435. The Morgan fingerprint density at radius 3 is 1.07 bits per heavy atom. The SMILES string of the molecule is CON1C(C)(C)CC(Oc2ccc(-c3ccc(OC4CC(C)(C)N(OC)C4(C)C)c(OC4CC(C)(C)N(OC)C4(C)C)c3)c(OC3CC(C)(C)N(OC)C3(C)C)c2)C1(C)C. The van der Waals surface area contributed by atoms with Crippen molar-refractivity contribution in [1.29, 1.82) is 0 Å². The van der Waals surface area contributed by atoms with Gasteiger partial charge in [-0.3, -0.25) is 0 Å². The van der Waals surface area contributed by atoms with Crippen LogP contribution in [0.2, 0.25) is 0 Å². The van der Waals surface area contributed by atoms with Gasteiger partial charge >= 0.3 is 0 Å². The number of hydrogen-bond acceptors (Lipinski definition) is 12. The Kier molecular flexibility index (Phi) is 12.1. The molecule has 60 heavy (non-hydrogen) atoms. The van der Waals surface area contributed by atoms with Crippen LogP contribution in [0.5, 0.6) is 23.0 Å². The van der Waals surface area contributed by atoms with Crippen molar-refractivity contribution in [2.75, 3.05) is 28.4 Å². The van der Waals surface area contributed by atoms with Gasteiger partial charge in [-0.1, -0.05) is 6.07 Å². The molecule has 4 aliphatic heterocycles. The Balaban J connectivity index is 1.45. The van der Waals surface area contributed by atoms with Gasteiger partial charge in [-0.15, -0.1) is 0 Å². The van der Waals surface area contributed by atoms with Crippen LogP contribution in [0.25, 0.3) is 11.1 Å². The molecular weight excluding hydrogens is 761 g/mol. The van der Waals surface area contributed by atoms with Crippen LogP contribution in [0, 0.1) is 0 Å². The molecule has 6 rings (SSSR count). The molecule has 338 valence electrons. The molecule has 0 saturated carbocycles. The zero-order valence-electron chi connectivity index (χ0n) is 40.7. The van der Waals surface area contributed by atoms with E-state index in [2.05, 4.69) is 167 Å². The minimum Gasteiger partial charge on any atom is -0.488 e. The zero-order valence-corrected chi connectivity index (χ0v) is 40.7. The third-order valence-electron chi connectivity index (χ3n) is 14.2. The molecule has 2 aromatic carbocycles. The predicted octanol–water partition coefficient (Wildman–Crippen LogP) is 9.64. The van der Waals surface area contributed by atoms with Gasteiger partial charge in [0.15, 0.2) is 11.5 Å². The van der Waals surface area contributed by atoms with E-state index in [0.29, 0.717) is 11.5 Å². The lowest BCUT2D eigenvalue weighted by Crippen LogP contribution is -2.51. The lowest BCUT2D eigenvalue weighted by Gasteiger charge is -2.39. The molecule has 12 heteroatoms. The van der Waals surface area contributed by atoms with Crippen molar-refractivity contribution in [3.8, 4) is 34.1 Å².